The first-order valence-corrected chi connectivity index (χ1v) is 5.37. The van der Waals surface area contributed by atoms with Crippen LogP contribution < -0.4 is 0 Å². The van der Waals surface area contributed by atoms with Crippen molar-refractivity contribution < 1.29 is 8.91 Å². The van der Waals surface area contributed by atoms with Crippen LogP contribution in [0.3, 0.4) is 0 Å². The van der Waals surface area contributed by atoms with Gasteiger partial charge in [-0.3, -0.25) is 0 Å². The molecule has 6 heteroatoms. The second-order valence-electron chi connectivity index (χ2n) is 3.18. The molecule has 2 aromatic heterocycles. The summed E-state index contributed by atoms with van der Waals surface area (Å²) in [4.78, 5) is 3.88. The van der Waals surface area contributed by atoms with Gasteiger partial charge in [0.1, 0.15) is 17.1 Å². The summed E-state index contributed by atoms with van der Waals surface area (Å²) >= 11 is 11.3. The minimum atomic E-state index is -0.549. The number of alkyl halides is 1. The minimum Gasteiger partial charge on any atom is -0.361 e. The predicted octanol–water partition coefficient (Wildman–Crippen LogP) is 3.58. The third-order valence-electron chi connectivity index (χ3n) is 2.15. The Kier molecular flexibility index (Phi) is 3.12. The molecule has 2 aromatic rings. The Morgan fingerprint density at radius 2 is 2.19 bits per heavy atom. The van der Waals surface area contributed by atoms with Crippen molar-refractivity contribution in [3.63, 3.8) is 0 Å². The Labute approximate surface area is 101 Å². The van der Waals surface area contributed by atoms with Gasteiger partial charge in [-0.25, -0.2) is 9.37 Å². The van der Waals surface area contributed by atoms with E-state index in [4.69, 9.17) is 27.7 Å². The summed E-state index contributed by atoms with van der Waals surface area (Å²) in [5.41, 5.74) is 1.05. The third-order valence-corrected chi connectivity index (χ3v) is 2.62. The van der Waals surface area contributed by atoms with Crippen molar-refractivity contribution in [2.75, 3.05) is 0 Å². The van der Waals surface area contributed by atoms with Crippen molar-refractivity contribution in [1.29, 1.82) is 0 Å². The number of hydrogen-bond acceptors (Lipinski definition) is 3. The van der Waals surface area contributed by atoms with E-state index in [0.29, 0.717) is 17.0 Å². The molecule has 0 saturated carbocycles. The molecule has 3 nitrogen and oxygen atoms in total. The van der Waals surface area contributed by atoms with E-state index in [1.54, 1.807) is 6.92 Å². The largest absolute Gasteiger partial charge is 0.361 e. The summed E-state index contributed by atoms with van der Waals surface area (Å²) in [7, 11) is 0. The monoisotopic (exact) mass is 260 g/mol. The third kappa shape index (κ3) is 1.90. The fourth-order valence-electron chi connectivity index (χ4n) is 1.32. The van der Waals surface area contributed by atoms with Crippen LogP contribution in [0.2, 0.25) is 5.02 Å². The fourth-order valence-corrected chi connectivity index (χ4v) is 1.78. The fraction of sp³-hybridized carbons (Fsp3) is 0.200. The number of pyridine rings is 1. The highest BCUT2D eigenvalue weighted by Gasteiger charge is 2.18. The molecule has 0 saturated heterocycles. The zero-order chi connectivity index (χ0) is 11.7. The lowest BCUT2D eigenvalue weighted by Crippen LogP contribution is -1.92. The van der Waals surface area contributed by atoms with Crippen LogP contribution in [0.5, 0.6) is 0 Å². The van der Waals surface area contributed by atoms with Crippen LogP contribution in [0, 0.1) is 12.7 Å². The highest BCUT2D eigenvalue weighted by Crippen LogP contribution is 2.27. The van der Waals surface area contributed by atoms with Crippen molar-refractivity contribution >= 4 is 23.2 Å². The molecule has 0 aliphatic heterocycles. The molecular weight excluding hydrogens is 254 g/mol. The van der Waals surface area contributed by atoms with E-state index in [9.17, 15) is 4.39 Å². The first kappa shape index (κ1) is 11.4. The topological polar surface area (TPSA) is 38.9 Å². The van der Waals surface area contributed by atoms with Gasteiger partial charge < -0.3 is 4.52 Å². The number of rotatable bonds is 2. The molecule has 16 heavy (non-hydrogen) atoms. The molecule has 0 N–H and O–H groups in total. The van der Waals surface area contributed by atoms with Gasteiger partial charge in [-0.15, -0.1) is 11.6 Å². The minimum absolute atomic E-state index is 0.0944. The first-order chi connectivity index (χ1) is 7.63. The van der Waals surface area contributed by atoms with Gasteiger partial charge in [-0.2, -0.15) is 0 Å². The maximum absolute atomic E-state index is 13.6. The molecule has 0 amide bonds. The summed E-state index contributed by atoms with van der Waals surface area (Å²) < 4.78 is 18.5. The molecule has 2 rings (SSSR count). The summed E-state index contributed by atoms with van der Waals surface area (Å²) in [6.45, 7) is 1.71. The molecule has 0 spiro atoms. The normalized spacial score (nSPS) is 10.8. The molecular formula is C10H7Cl2FN2O. The Morgan fingerprint density at radius 3 is 2.81 bits per heavy atom. The van der Waals surface area contributed by atoms with E-state index in [1.165, 1.54) is 12.3 Å². The molecule has 0 aliphatic carbocycles. The lowest BCUT2D eigenvalue weighted by Gasteiger charge is -2.00. The number of hydrogen-bond donors (Lipinski definition) is 0. The van der Waals surface area contributed by atoms with Crippen LogP contribution in [0.1, 0.15) is 11.3 Å². The van der Waals surface area contributed by atoms with Crippen molar-refractivity contribution in [3.8, 4) is 11.4 Å². The molecule has 0 fully saturated rings. The smallest absolute Gasteiger partial charge is 0.152 e. The number of nitrogens with zero attached hydrogens (tertiary/aromatic N) is 2. The van der Waals surface area contributed by atoms with Gasteiger partial charge in [0.2, 0.25) is 0 Å². The number of aryl methyl sites for hydroxylation is 1. The van der Waals surface area contributed by atoms with Crippen LogP contribution in [0.4, 0.5) is 4.39 Å². The van der Waals surface area contributed by atoms with Crippen molar-refractivity contribution in [2.45, 2.75) is 12.8 Å². The van der Waals surface area contributed by atoms with Gasteiger partial charge in [-0.05, 0) is 13.0 Å². The average Bonchev–Trinajstić information content (AvgIpc) is 2.59. The molecule has 0 atom stereocenters. The summed E-state index contributed by atoms with van der Waals surface area (Å²) in [6, 6.07) is 1.17. The standard InChI is InChI=1S/C10H7Cl2FN2O/c1-5-7(3-11)9(15-16-5)10-8(13)2-6(12)4-14-10/h2,4H,3H2,1H3. The lowest BCUT2D eigenvalue weighted by atomic mass is 10.1. The molecule has 0 bridgehead atoms. The maximum atomic E-state index is 13.6. The Morgan fingerprint density at radius 1 is 1.44 bits per heavy atom. The Bertz CT molecular complexity index is 528. The summed E-state index contributed by atoms with van der Waals surface area (Å²) in [5, 5.41) is 3.97. The highest BCUT2D eigenvalue weighted by molar-refractivity contribution is 6.30. The van der Waals surface area contributed by atoms with Gasteiger partial charge >= 0.3 is 0 Å². The molecule has 0 radical (unpaired) electrons. The van der Waals surface area contributed by atoms with Gasteiger partial charge in [0.15, 0.2) is 5.82 Å². The lowest BCUT2D eigenvalue weighted by molar-refractivity contribution is 0.398. The first-order valence-electron chi connectivity index (χ1n) is 4.46. The van der Waals surface area contributed by atoms with Crippen molar-refractivity contribution in [1.82, 2.24) is 10.1 Å². The molecule has 84 valence electrons. The second-order valence-corrected chi connectivity index (χ2v) is 3.89. The predicted molar refractivity (Wildman–Crippen MR) is 59.0 cm³/mol. The summed E-state index contributed by atoms with van der Waals surface area (Å²) in [5.74, 6) is 0.197. The SMILES string of the molecule is Cc1onc(-c2ncc(Cl)cc2F)c1CCl. The van der Waals surface area contributed by atoms with Crippen LogP contribution in [-0.4, -0.2) is 10.1 Å². The Balaban J connectivity index is 2.58. The van der Waals surface area contributed by atoms with Gasteiger partial charge in [0.25, 0.3) is 0 Å². The van der Waals surface area contributed by atoms with E-state index in [0.717, 1.165) is 0 Å². The van der Waals surface area contributed by atoms with E-state index >= 15 is 0 Å². The average molecular weight is 261 g/mol. The number of aromatic nitrogens is 2. The van der Waals surface area contributed by atoms with Gasteiger partial charge in [0.05, 0.1) is 10.9 Å². The molecule has 0 aromatic carbocycles. The van der Waals surface area contributed by atoms with Crippen LogP contribution in [-0.2, 0) is 5.88 Å². The van der Waals surface area contributed by atoms with Crippen LogP contribution >= 0.6 is 23.2 Å². The van der Waals surface area contributed by atoms with Crippen molar-refractivity contribution in [2.24, 2.45) is 0 Å². The van der Waals surface area contributed by atoms with Crippen LogP contribution in [0.25, 0.3) is 11.4 Å². The Hall–Kier alpha value is -1.13. The zero-order valence-electron chi connectivity index (χ0n) is 8.30. The second kappa shape index (κ2) is 4.39. The summed E-state index contributed by atoms with van der Waals surface area (Å²) in [6.07, 6.45) is 1.35. The van der Waals surface area contributed by atoms with Crippen molar-refractivity contribution in [3.05, 3.63) is 34.4 Å². The molecule has 2 heterocycles. The maximum Gasteiger partial charge on any atom is 0.152 e. The van der Waals surface area contributed by atoms with E-state index in [2.05, 4.69) is 10.1 Å². The van der Waals surface area contributed by atoms with E-state index < -0.39 is 5.82 Å². The molecule has 0 aliphatic rings. The van der Waals surface area contributed by atoms with E-state index in [-0.39, 0.29) is 16.6 Å². The van der Waals surface area contributed by atoms with Gasteiger partial charge in [-0.1, -0.05) is 16.8 Å². The quantitative estimate of drug-likeness (QED) is 0.775. The highest BCUT2D eigenvalue weighted by atomic mass is 35.5. The van der Waals surface area contributed by atoms with Crippen LogP contribution in [0.15, 0.2) is 16.8 Å². The zero-order valence-corrected chi connectivity index (χ0v) is 9.81. The van der Waals surface area contributed by atoms with Gasteiger partial charge in [0, 0.05) is 11.8 Å². The van der Waals surface area contributed by atoms with E-state index in [1.807, 2.05) is 0 Å². The molecule has 0 unspecified atom stereocenters. The number of halogens is 3.